The number of Topliss-reactive ketones (excluding diaryl/α,β-unsaturated/α-hetero) is 2. The summed E-state index contributed by atoms with van der Waals surface area (Å²) in [6.45, 7) is -0.533. The van der Waals surface area contributed by atoms with Gasteiger partial charge in [-0.25, -0.2) is 0 Å². The van der Waals surface area contributed by atoms with E-state index in [1.807, 2.05) is 0 Å². The van der Waals surface area contributed by atoms with Crippen molar-refractivity contribution in [2.45, 2.75) is 0 Å². The van der Waals surface area contributed by atoms with E-state index < -0.39 is 18.2 Å². The second kappa shape index (κ2) is 9.27. The molecule has 0 bridgehead atoms. The summed E-state index contributed by atoms with van der Waals surface area (Å²) in [6.07, 6.45) is 0. The van der Waals surface area contributed by atoms with Gasteiger partial charge >= 0.3 is 0 Å². The Kier molecular flexibility index (Phi) is 6.80. The Balaban J connectivity index is 1.92. The van der Waals surface area contributed by atoms with Crippen LogP contribution in [0.3, 0.4) is 0 Å². The van der Waals surface area contributed by atoms with Crippen molar-refractivity contribution < 1.29 is 34.0 Å². The van der Waals surface area contributed by atoms with E-state index in [0.29, 0.717) is 17.1 Å². The van der Waals surface area contributed by atoms with Crippen molar-refractivity contribution in [3.05, 3.63) is 47.5 Å². The number of benzene rings is 2. The van der Waals surface area contributed by atoms with Crippen LogP contribution in [0.2, 0.25) is 0 Å². The number of aromatic hydroxyl groups is 2. The van der Waals surface area contributed by atoms with E-state index in [1.165, 1.54) is 44.6 Å². The average molecular weight is 370 g/mol. The molecule has 0 heterocycles. The molecule has 2 aromatic rings. The molecule has 0 aliphatic carbocycles. The molecule has 0 aliphatic heterocycles. The van der Waals surface area contributed by atoms with Gasteiger partial charge in [-0.2, -0.15) is 0 Å². The van der Waals surface area contributed by atoms with Crippen LogP contribution in [-0.2, 0) is 9.53 Å². The second-order valence-corrected chi connectivity index (χ2v) is 5.39. The topological polar surface area (TPSA) is 102 Å². The van der Waals surface area contributed by atoms with Crippen LogP contribution < -0.4 is 9.47 Å². The van der Waals surface area contributed by atoms with Crippen LogP contribution in [-0.4, -0.2) is 49.2 Å². The molecule has 0 saturated heterocycles. The van der Waals surface area contributed by atoms with E-state index >= 15 is 0 Å². The highest BCUT2D eigenvalue weighted by molar-refractivity contribution is 6.44. The quantitative estimate of drug-likeness (QED) is 0.332. The summed E-state index contributed by atoms with van der Waals surface area (Å²) in [7, 11) is 2.89. The lowest BCUT2D eigenvalue weighted by Crippen LogP contribution is -2.20. The molecule has 0 amide bonds. The first-order chi connectivity index (χ1) is 12.9. The molecule has 0 aliphatic rings. The number of ketones is 2. The minimum atomic E-state index is -0.734. The summed E-state index contributed by atoms with van der Waals surface area (Å²) < 4.78 is 15.2. The molecular weight excluding hydrogens is 352 g/mol. The van der Waals surface area contributed by atoms with Gasteiger partial charge in [0.1, 0.15) is 36.2 Å². The predicted molar refractivity (Wildman–Crippen MR) is 96.4 cm³/mol. The maximum absolute atomic E-state index is 12.2. The van der Waals surface area contributed by atoms with Crippen molar-refractivity contribution in [3.8, 4) is 34.8 Å². The molecule has 2 aromatic carbocycles. The normalized spacial score (nSPS) is 9.85. The Hall–Kier alpha value is -3.50. The first kappa shape index (κ1) is 19.8. The lowest BCUT2D eigenvalue weighted by atomic mass is 10.1. The van der Waals surface area contributed by atoms with Crippen molar-refractivity contribution in [1.29, 1.82) is 0 Å². The number of methoxy groups -OCH3 is 2. The first-order valence-corrected chi connectivity index (χ1v) is 7.83. The van der Waals surface area contributed by atoms with Crippen LogP contribution in [0.5, 0.6) is 23.0 Å². The van der Waals surface area contributed by atoms with Gasteiger partial charge in [0.15, 0.2) is 0 Å². The standard InChI is InChI=1S/C20H18O7/c1-25-17-8-14(9-18(11-17)26-2)20(24)19(23)12-27-5-3-4-13-6-15(21)10-16(22)7-13/h6-11,21-22H,5,12H2,1-2H3. The maximum Gasteiger partial charge on any atom is 0.231 e. The Labute approximate surface area is 156 Å². The largest absolute Gasteiger partial charge is 0.508 e. The van der Waals surface area contributed by atoms with E-state index in [0.717, 1.165) is 0 Å². The zero-order chi connectivity index (χ0) is 19.8. The smallest absolute Gasteiger partial charge is 0.231 e. The third-order valence-corrected chi connectivity index (χ3v) is 3.41. The number of carbonyl (C=O) groups is 2. The Bertz CT molecular complexity index is 864. The van der Waals surface area contributed by atoms with Gasteiger partial charge in [0.2, 0.25) is 11.6 Å². The number of rotatable bonds is 7. The Morgan fingerprint density at radius 3 is 2.07 bits per heavy atom. The third-order valence-electron chi connectivity index (χ3n) is 3.41. The maximum atomic E-state index is 12.2. The third kappa shape index (κ3) is 5.76. The van der Waals surface area contributed by atoms with Crippen LogP contribution in [0.25, 0.3) is 0 Å². The van der Waals surface area contributed by atoms with Gasteiger partial charge < -0.3 is 24.4 Å². The lowest BCUT2D eigenvalue weighted by Gasteiger charge is -2.07. The molecule has 2 N–H and O–H groups in total. The fourth-order valence-electron chi connectivity index (χ4n) is 2.17. The highest BCUT2D eigenvalue weighted by atomic mass is 16.5. The predicted octanol–water partition coefficient (Wildman–Crippen LogP) is 1.94. The molecule has 0 spiro atoms. The van der Waals surface area contributed by atoms with Crippen LogP contribution in [0.1, 0.15) is 15.9 Å². The molecule has 140 valence electrons. The molecule has 0 unspecified atom stereocenters. The number of hydrogen-bond donors (Lipinski definition) is 2. The van der Waals surface area contributed by atoms with Gasteiger partial charge in [0, 0.05) is 23.3 Å². The van der Waals surface area contributed by atoms with Crippen LogP contribution >= 0.6 is 0 Å². The molecule has 0 aromatic heterocycles. The Morgan fingerprint density at radius 1 is 0.926 bits per heavy atom. The molecule has 7 nitrogen and oxygen atoms in total. The van der Waals surface area contributed by atoms with Gasteiger partial charge in [-0.05, 0) is 24.3 Å². The van der Waals surface area contributed by atoms with Gasteiger partial charge in [-0.1, -0.05) is 11.8 Å². The summed E-state index contributed by atoms with van der Waals surface area (Å²) in [5.74, 6) is 4.40. The summed E-state index contributed by atoms with van der Waals surface area (Å²) in [5.41, 5.74) is 0.531. The van der Waals surface area contributed by atoms with Gasteiger partial charge in [-0.15, -0.1) is 0 Å². The van der Waals surface area contributed by atoms with Crippen molar-refractivity contribution in [1.82, 2.24) is 0 Å². The van der Waals surface area contributed by atoms with Crippen molar-refractivity contribution in [2.75, 3.05) is 27.4 Å². The van der Waals surface area contributed by atoms with Gasteiger partial charge in [0.25, 0.3) is 0 Å². The second-order valence-electron chi connectivity index (χ2n) is 5.39. The van der Waals surface area contributed by atoms with Crippen molar-refractivity contribution >= 4 is 11.6 Å². The monoisotopic (exact) mass is 370 g/mol. The SMILES string of the molecule is COc1cc(OC)cc(C(=O)C(=O)COCC#Cc2cc(O)cc(O)c2)c1. The zero-order valence-corrected chi connectivity index (χ0v) is 14.8. The lowest BCUT2D eigenvalue weighted by molar-refractivity contribution is -0.118. The van der Waals surface area contributed by atoms with E-state index in [2.05, 4.69) is 11.8 Å². The molecule has 7 heteroatoms. The van der Waals surface area contributed by atoms with Crippen LogP contribution in [0.4, 0.5) is 0 Å². The highest BCUT2D eigenvalue weighted by Gasteiger charge is 2.18. The average Bonchev–Trinajstić information content (AvgIpc) is 2.65. The summed E-state index contributed by atoms with van der Waals surface area (Å²) in [5, 5.41) is 18.7. The molecule has 27 heavy (non-hydrogen) atoms. The van der Waals surface area contributed by atoms with E-state index in [1.54, 1.807) is 6.07 Å². The Morgan fingerprint density at radius 2 is 1.52 bits per heavy atom. The fraction of sp³-hybridized carbons (Fsp3) is 0.200. The zero-order valence-electron chi connectivity index (χ0n) is 14.8. The number of phenols is 2. The number of phenolic OH excluding ortho intramolecular Hbond substituents is 2. The van der Waals surface area contributed by atoms with Gasteiger partial charge in [-0.3, -0.25) is 9.59 Å². The molecule has 0 saturated carbocycles. The van der Waals surface area contributed by atoms with Crippen LogP contribution in [0.15, 0.2) is 36.4 Å². The van der Waals surface area contributed by atoms with Crippen molar-refractivity contribution in [2.24, 2.45) is 0 Å². The molecule has 0 atom stereocenters. The first-order valence-electron chi connectivity index (χ1n) is 7.83. The summed E-state index contributed by atoms with van der Waals surface area (Å²) in [6, 6.07) is 8.40. The summed E-state index contributed by atoms with van der Waals surface area (Å²) >= 11 is 0. The molecule has 0 radical (unpaired) electrons. The molecule has 0 fully saturated rings. The summed E-state index contributed by atoms with van der Waals surface area (Å²) in [4.78, 5) is 24.2. The fourth-order valence-corrected chi connectivity index (χ4v) is 2.17. The number of hydrogen-bond acceptors (Lipinski definition) is 7. The van der Waals surface area contributed by atoms with E-state index in [4.69, 9.17) is 14.2 Å². The van der Waals surface area contributed by atoms with Gasteiger partial charge in [0.05, 0.1) is 14.2 Å². The molecular formula is C20H18O7. The number of ether oxygens (including phenoxy) is 3. The number of carbonyl (C=O) groups excluding carboxylic acids is 2. The van der Waals surface area contributed by atoms with Crippen molar-refractivity contribution in [3.63, 3.8) is 0 Å². The van der Waals surface area contributed by atoms with E-state index in [9.17, 15) is 19.8 Å². The molecule has 2 rings (SSSR count). The van der Waals surface area contributed by atoms with Crippen LogP contribution in [0, 0.1) is 11.8 Å². The van der Waals surface area contributed by atoms with E-state index in [-0.39, 0.29) is 23.7 Å². The highest BCUT2D eigenvalue weighted by Crippen LogP contribution is 2.23. The minimum absolute atomic E-state index is 0.100. The minimum Gasteiger partial charge on any atom is -0.508 e.